The van der Waals surface area contributed by atoms with Gasteiger partial charge < -0.3 is 19.7 Å². The van der Waals surface area contributed by atoms with E-state index in [1.807, 2.05) is 30.5 Å². The first-order chi connectivity index (χ1) is 13.3. The number of piperidine rings is 1. The summed E-state index contributed by atoms with van der Waals surface area (Å²) in [4.78, 5) is 6.69. The number of rotatable bonds is 10. The quantitative estimate of drug-likeness (QED) is 0.652. The van der Waals surface area contributed by atoms with Crippen molar-refractivity contribution in [1.82, 2.24) is 15.2 Å². The maximum Gasteiger partial charge on any atom is 0.124 e. The Bertz CT molecular complexity index is 658. The maximum atomic E-state index is 6.03. The molecule has 0 bridgehead atoms. The summed E-state index contributed by atoms with van der Waals surface area (Å²) in [6.07, 6.45) is 7.15. The molecule has 1 aliphatic rings. The van der Waals surface area contributed by atoms with Crippen molar-refractivity contribution in [1.29, 1.82) is 0 Å². The Kier molecular flexibility index (Phi) is 8.08. The van der Waals surface area contributed by atoms with Gasteiger partial charge in [0.1, 0.15) is 12.4 Å². The van der Waals surface area contributed by atoms with Gasteiger partial charge >= 0.3 is 0 Å². The second-order valence-corrected chi connectivity index (χ2v) is 7.10. The Morgan fingerprint density at radius 1 is 1.15 bits per heavy atom. The van der Waals surface area contributed by atoms with Gasteiger partial charge in [0.05, 0.1) is 0 Å². The Morgan fingerprint density at radius 3 is 2.78 bits per heavy atom. The van der Waals surface area contributed by atoms with E-state index in [4.69, 9.17) is 9.47 Å². The lowest BCUT2D eigenvalue weighted by Crippen LogP contribution is -2.42. The van der Waals surface area contributed by atoms with Crippen molar-refractivity contribution in [2.45, 2.75) is 38.5 Å². The Labute approximate surface area is 162 Å². The molecular formula is C22H31N3O2. The van der Waals surface area contributed by atoms with Crippen LogP contribution in [0, 0.1) is 0 Å². The van der Waals surface area contributed by atoms with Gasteiger partial charge in [0.2, 0.25) is 0 Å². The van der Waals surface area contributed by atoms with E-state index in [-0.39, 0.29) is 0 Å². The fraction of sp³-hybridized carbons (Fsp3) is 0.500. The minimum atomic E-state index is 0.546. The van der Waals surface area contributed by atoms with Gasteiger partial charge in [-0.25, -0.2) is 0 Å². The lowest BCUT2D eigenvalue weighted by molar-refractivity contribution is 0.152. The molecule has 146 valence electrons. The Balaban J connectivity index is 1.43. The van der Waals surface area contributed by atoms with Gasteiger partial charge in [0.15, 0.2) is 0 Å². The van der Waals surface area contributed by atoms with Crippen LogP contribution in [0.3, 0.4) is 0 Å². The van der Waals surface area contributed by atoms with Crippen LogP contribution in [0.1, 0.15) is 30.4 Å². The molecule has 1 fully saturated rings. The summed E-state index contributed by atoms with van der Waals surface area (Å²) in [5.74, 6) is 0.950. The van der Waals surface area contributed by atoms with Crippen LogP contribution in [0.2, 0.25) is 0 Å². The highest BCUT2D eigenvalue weighted by molar-refractivity contribution is 5.33. The fourth-order valence-electron chi connectivity index (χ4n) is 3.48. The molecule has 2 heterocycles. The average Bonchev–Trinajstić information content (AvgIpc) is 2.73. The summed E-state index contributed by atoms with van der Waals surface area (Å²) in [6.45, 7) is 5.73. The molecule has 0 aliphatic carbocycles. The van der Waals surface area contributed by atoms with Gasteiger partial charge in [-0.1, -0.05) is 24.3 Å². The van der Waals surface area contributed by atoms with E-state index in [0.29, 0.717) is 12.6 Å². The van der Waals surface area contributed by atoms with Crippen LogP contribution in [-0.2, 0) is 17.9 Å². The van der Waals surface area contributed by atoms with Gasteiger partial charge in [0.25, 0.3) is 0 Å². The number of para-hydroxylation sites is 1. The number of benzene rings is 1. The van der Waals surface area contributed by atoms with E-state index in [0.717, 1.165) is 37.4 Å². The third-order valence-corrected chi connectivity index (χ3v) is 5.08. The number of hydrogen-bond donors (Lipinski definition) is 1. The van der Waals surface area contributed by atoms with Crippen molar-refractivity contribution in [3.63, 3.8) is 0 Å². The van der Waals surface area contributed by atoms with Crippen molar-refractivity contribution in [3.8, 4) is 5.75 Å². The van der Waals surface area contributed by atoms with E-state index >= 15 is 0 Å². The van der Waals surface area contributed by atoms with Crippen LogP contribution in [0.15, 0.2) is 48.8 Å². The van der Waals surface area contributed by atoms with Crippen LogP contribution >= 0.6 is 0 Å². The first-order valence-corrected chi connectivity index (χ1v) is 9.89. The molecule has 1 aliphatic heterocycles. The molecule has 5 nitrogen and oxygen atoms in total. The molecule has 0 atom stereocenters. The molecule has 27 heavy (non-hydrogen) atoms. The standard InChI is InChI=1S/C22H31N3O2/c1-26-15-5-12-25-13-9-21(10-14-25)24-17-20-7-2-3-8-22(20)27-18-19-6-4-11-23-16-19/h2-4,6-8,11,16,21,24H,5,9-10,12-15,17-18H2,1H3. The van der Waals surface area contributed by atoms with E-state index < -0.39 is 0 Å². The third-order valence-electron chi connectivity index (χ3n) is 5.08. The largest absolute Gasteiger partial charge is 0.489 e. The molecule has 0 spiro atoms. The molecule has 0 unspecified atom stereocenters. The molecule has 3 rings (SSSR count). The molecule has 0 amide bonds. The van der Waals surface area contributed by atoms with Gasteiger partial charge in [-0.2, -0.15) is 0 Å². The van der Waals surface area contributed by atoms with Gasteiger partial charge in [-0.05, 0) is 44.5 Å². The number of hydrogen-bond acceptors (Lipinski definition) is 5. The van der Waals surface area contributed by atoms with Crippen molar-refractivity contribution >= 4 is 0 Å². The first kappa shape index (κ1) is 19.8. The molecule has 5 heteroatoms. The highest BCUT2D eigenvalue weighted by atomic mass is 16.5. The predicted octanol–water partition coefficient (Wildman–Crippen LogP) is 3.25. The molecule has 1 aromatic heterocycles. The molecule has 2 aromatic rings. The van der Waals surface area contributed by atoms with E-state index in [1.54, 1.807) is 13.3 Å². The first-order valence-electron chi connectivity index (χ1n) is 9.89. The SMILES string of the molecule is COCCCN1CCC(NCc2ccccc2OCc2cccnc2)CC1. The second-order valence-electron chi connectivity index (χ2n) is 7.10. The highest BCUT2D eigenvalue weighted by Crippen LogP contribution is 2.20. The van der Waals surface area contributed by atoms with E-state index in [1.165, 1.54) is 31.5 Å². The topological polar surface area (TPSA) is 46.6 Å². The minimum Gasteiger partial charge on any atom is -0.489 e. The fourth-order valence-corrected chi connectivity index (χ4v) is 3.48. The Morgan fingerprint density at radius 2 is 2.00 bits per heavy atom. The zero-order valence-corrected chi connectivity index (χ0v) is 16.3. The lowest BCUT2D eigenvalue weighted by Gasteiger charge is -2.32. The monoisotopic (exact) mass is 369 g/mol. The summed E-state index contributed by atoms with van der Waals surface area (Å²) in [7, 11) is 1.77. The molecular weight excluding hydrogens is 338 g/mol. The predicted molar refractivity (Wildman–Crippen MR) is 108 cm³/mol. The second kappa shape index (κ2) is 11.0. The van der Waals surface area contributed by atoms with Crippen molar-refractivity contribution < 1.29 is 9.47 Å². The average molecular weight is 370 g/mol. The Hall–Kier alpha value is -1.95. The van der Waals surface area contributed by atoms with Crippen LogP contribution in [0.25, 0.3) is 0 Å². The van der Waals surface area contributed by atoms with Crippen molar-refractivity contribution in [2.75, 3.05) is 33.4 Å². The highest BCUT2D eigenvalue weighted by Gasteiger charge is 2.18. The van der Waals surface area contributed by atoms with Gasteiger partial charge in [0, 0.05) is 56.4 Å². The van der Waals surface area contributed by atoms with Crippen LogP contribution in [0.5, 0.6) is 5.75 Å². The molecule has 1 saturated heterocycles. The van der Waals surface area contributed by atoms with Crippen molar-refractivity contribution in [2.24, 2.45) is 0 Å². The third kappa shape index (κ3) is 6.61. The summed E-state index contributed by atoms with van der Waals surface area (Å²) < 4.78 is 11.2. The van der Waals surface area contributed by atoms with Gasteiger partial charge in [-0.15, -0.1) is 0 Å². The lowest BCUT2D eigenvalue weighted by atomic mass is 10.0. The number of methoxy groups -OCH3 is 1. The van der Waals surface area contributed by atoms with Crippen molar-refractivity contribution in [3.05, 3.63) is 59.9 Å². The summed E-state index contributed by atoms with van der Waals surface area (Å²) in [5, 5.41) is 3.72. The number of nitrogens with zero attached hydrogens (tertiary/aromatic N) is 2. The molecule has 0 radical (unpaired) electrons. The molecule has 1 aromatic carbocycles. The molecule has 1 N–H and O–H groups in total. The number of likely N-dealkylation sites (tertiary alicyclic amines) is 1. The zero-order valence-electron chi connectivity index (χ0n) is 16.3. The summed E-state index contributed by atoms with van der Waals surface area (Å²) in [5.41, 5.74) is 2.30. The minimum absolute atomic E-state index is 0.546. The van der Waals surface area contributed by atoms with Gasteiger partial charge in [-0.3, -0.25) is 4.98 Å². The number of nitrogens with one attached hydrogen (secondary N) is 1. The zero-order chi connectivity index (χ0) is 18.7. The van der Waals surface area contributed by atoms with Crippen LogP contribution in [0.4, 0.5) is 0 Å². The normalized spacial score (nSPS) is 15.7. The number of pyridine rings is 1. The summed E-state index contributed by atoms with van der Waals surface area (Å²) in [6, 6.07) is 12.8. The smallest absolute Gasteiger partial charge is 0.124 e. The van der Waals surface area contributed by atoms with Crippen LogP contribution in [-0.4, -0.2) is 49.3 Å². The number of ether oxygens (including phenoxy) is 2. The van der Waals surface area contributed by atoms with E-state index in [9.17, 15) is 0 Å². The number of aromatic nitrogens is 1. The van der Waals surface area contributed by atoms with Crippen LogP contribution < -0.4 is 10.1 Å². The maximum absolute atomic E-state index is 6.03. The van der Waals surface area contributed by atoms with E-state index in [2.05, 4.69) is 27.3 Å². The summed E-state index contributed by atoms with van der Waals surface area (Å²) >= 11 is 0. The molecule has 0 saturated carbocycles.